The van der Waals surface area contributed by atoms with E-state index in [4.69, 9.17) is 13.9 Å². The number of aryl methyl sites for hydroxylation is 1. The van der Waals surface area contributed by atoms with Gasteiger partial charge in [-0.2, -0.15) is 4.98 Å². The van der Waals surface area contributed by atoms with Crippen LogP contribution in [-0.2, 0) is 9.47 Å². The molecule has 3 aromatic heterocycles. The zero-order valence-electron chi connectivity index (χ0n) is 16.7. The molecule has 0 aromatic carbocycles. The predicted molar refractivity (Wildman–Crippen MR) is 111 cm³/mol. The van der Waals surface area contributed by atoms with Crippen LogP contribution in [0.2, 0.25) is 0 Å². The molecule has 5 heterocycles. The second-order valence-corrected chi connectivity index (χ2v) is 8.26. The summed E-state index contributed by atoms with van der Waals surface area (Å²) in [6.07, 6.45) is 4.40. The Morgan fingerprint density at radius 1 is 1.23 bits per heavy atom. The van der Waals surface area contributed by atoms with Crippen LogP contribution in [-0.4, -0.2) is 63.1 Å². The van der Waals surface area contributed by atoms with E-state index in [0.29, 0.717) is 60.3 Å². The van der Waals surface area contributed by atoms with E-state index in [2.05, 4.69) is 30.2 Å². The molecule has 2 aliphatic heterocycles. The number of carboxylic acids is 1. The van der Waals surface area contributed by atoms with Gasteiger partial charge in [0.05, 0.1) is 25.1 Å². The van der Waals surface area contributed by atoms with Crippen LogP contribution in [0.4, 0.5) is 16.9 Å². The Hall–Kier alpha value is -3.09. The van der Waals surface area contributed by atoms with Gasteiger partial charge in [-0.25, -0.2) is 19.7 Å². The van der Waals surface area contributed by atoms with Crippen molar-refractivity contribution < 1.29 is 23.8 Å². The molecule has 0 unspecified atom stereocenters. The van der Waals surface area contributed by atoms with E-state index in [1.54, 1.807) is 13.1 Å². The van der Waals surface area contributed by atoms with E-state index in [1.807, 2.05) is 6.07 Å². The lowest BCUT2D eigenvalue weighted by atomic mass is 10.0. The predicted octanol–water partition coefficient (Wildman–Crippen LogP) is 2.68. The number of piperidine rings is 1. The van der Waals surface area contributed by atoms with E-state index in [-0.39, 0.29) is 4.88 Å². The minimum absolute atomic E-state index is 0.173. The Bertz CT molecular complexity index is 1090. The zero-order valence-corrected chi connectivity index (χ0v) is 17.5. The number of nitrogens with zero attached hydrogens (tertiary/aromatic N) is 5. The van der Waals surface area contributed by atoms with Gasteiger partial charge in [0, 0.05) is 32.0 Å². The van der Waals surface area contributed by atoms with E-state index in [0.717, 1.165) is 24.2 Å². The van der Waals surface area contributed by atoms with Crippen molar-refractivity contribution in [2.75, 3.05) is 36.5 Å². The summed E-state index contributed by atoms with van der Waals surface area (Å²) in [4.78, 5) is 31.0. The van der Waals surface area contributed by atoms with Crippen LogP contribution in [0.3, 0.4) is 0 Å². The molecule has 2 fully saturated rings. The fourth-order valence-corrected chi connectivity index (χ4v) is 4.53. The van der Waals surface area contributed by atoms with Crippen molar-refractivity contribution in [3.05, 3.63) is 29.2 Å². The van der Waals surface area contributed by atoms with Crippen molar-refractivity contribution in [3.63, 3.8) is 0 Å². The van der Waals surface area contributed by atoms with Gasteiger partial charge in [0.1, 0.15) is 16.4 Å². The fourth-order valence-electron chi connectivity index (χ4n) is 3.73. The van der Waals surface area contributed by atoms with Gasteiger partial charge < -0.3 is 23.9 Å². The molecule has 0 amide bonds. The van der Waals surface area contributed by atoms with Gasteiger partial charge in [-0.15, -0.1) is 0 Å². The maximum atomic E-state index is 11.3. The first-order chi connectivity index (χ1) is 15.0. The van der Waals surface area contributed by atoms with Crippen LogP contribution in [0.1, 0.15) is 28.2 Å². The van der Waals surface area contributed by atoms with Gasteiger partial charge >= 0.3 is 5.97 Å². The normalized spacial score (nSPS) is 17.9. The Kier molecular flexibility index (Phi) is 5.04. The van der Waals surface area contributed by atoms with Gasteiger partial charge in [0.15, 0.2) is 23.1 Å². The first-order valence-corrected chi connectivity index (χ1v) is 10.6. The lowest BCUT2D eigenvalue weighted by Crippen LogP contribution is -2.45. The standard InChI is InChI=1S/C19H20N6O5S/c1-11-15(16(26)27)31-18(21-11)24-17-22-12(13-9-20-10-28-13)8-14(23-17)25-4-2-19(3-5-25)29-6-7-30-19/h8-10H,2-7H2,1H3,(H,26,27)(H,21,22,23,24). The summed E-state index contributed by atoms with van der Waals surface area (Å²) in [7, 11) is 0. The molecule has 11 nitrogen and oxygen atoms in total. The Labute approximate surface area is 181 Å². The van der Waals surface area contributed by atoms with Gasteiger partial charge in [0.2, 0.25) is 5.95 Å². The molecule has 1 spiro atoms. The van der Waals surface area contributed by atoms with Crippen molar-refractivity contribution in [1.82, 2.24) is 19.9 Å². The number of nitrogens with one attached hydrogen (secondary N) is 1. The third-order valence-electron chi connectivity index (χ3n) is 5.27. The van der Waals surface area contributed by atoms with Crippen LogP contribution in [0.15, 0.2) is 23.1 Å². The van der Waals surface area contributed by atoms with Crippen molar-refractivity contribution in [2.45, 2.75) is 25.6 Å². The zero-order chi connectivity index (χ0) is 21.4. The summed E-state index contributed by atoms with van der Waals surface area (Å²) < 4.78 is 17.0. The number of thiazole rings is 1. The number of ether oxygens (including phenoxy) is 2. The largest absolute Gasteiger partial charge is 0.477 e. The topological polar surface area (TPSA) is 136 Å². The molecule has 0 bridgehead atoms. The van der Waals surface area contributed by atoms with Crippen molar-refractivity contribution in [3.8, 4) is 11.5 Å². The molecule has 2 N–H and O–H groups in total. The molecule has 12 heteroatoms. The summed E-state index contributed by atoms with van der Waals surface area (Å²) in [5.74, 6) is 0.0129. The van der Waals surface area contributed by atoms with Crippen molar-refractivity contribution in [2.24, 2.45) is 0 Å². The number of aromatic nitrogens is 4. The molecule has 162 valence electrons. The first-order valence-electron chi connectivity index (χ1n) is 9.80. The maximum Gasteiger partial charge on any atom is 0.347 e. The quantitative estimate of drug-likeness (QED) is 0.601. The van der Waals surface area contributed by atoms with Crippen molar-refractivity contribution in [1.29, 1.82) is 0 Å². The molecule has 0 aliphatic carbocycles. The SMILES string of the molecule is Cc1nc(Nc2nc(-c3cnco3)cc(N3CCC4(CC3)OCCO4)n2)sc1C(=O)O. The molecule has 5 rings (SSSR count). The van der Waals surface area contributed by atoms with Gasteiger partial charge in [0.25, 0.3) is 0 Å². The second kappa shape index (κ2) is 7.87. The molecule has 2 saturated heterocycles. The summed E-state index contributed by atoms with van der Waals surface area (Å²) in [6.45, 7) is 4.34. The summed E-state index contributed by atoms with van der Waals surface area (Å²) >= 11 is 1.04. The Balaban J connectivity index is 1.43. The Morgan fingerprint density at radius 3 is 2.65 bits per heavy atom. The second-order valence-electron chi connectivity index (χ2n) is 7.26. The van der Waals surface area contributed by atoms with Crippen molar-refractivity contribution >= 4 is 34.2 Å². The fraction of sp³-hybridized carbons (Fsp3) is 0.421. The summed E-state index contributed by atoms with van der Waals surface area (Å²) in [5, 5.41) is 12.7. The monoisotopic (exact) mass is 444 g/mol. The third-order valence-corrected chi connectivity index (χ3v) is 6.33. The molecule has 2 aliphatic rings. The minimum Gasteiger partial charge on any atom is -0.477 e. The van der Waals surface area contributed by atoms with Gasteiger partial charge in [-0.1, -0.05) is 11.3 Å². The molecule has 3 aromatic rings. The number of aromatic carboxylic acids is 1. The maximum absolute atomic E-state index is 11.3. The number of oxazole rings is 1. The lowest BCUT2D eigenvalue weighted by Gasteiger charge is -2.38. The van der Waals surface area contributed by atoms with Crippen LogP contribution in [0.25, 0.3) is 11.5 Å². The van der Waals surface area contributed by atoms with Gasteiger partial charge in [-0.05, 0) is 6.92 Å². The number of carbonyl (C=O) groups is 1. The Morgan fingerprint density at radius 2 is 2.00 bits per heavy atom. The van der Waals surface area contributed by atoms with Crippen LogP contribution >= 0.6 is 11.3 Å². The molecular formula is C19H20N6O5S. The highest BCUT2D eigenvalue weighted by molar-refractivity contribution is 7.17. The third kappa shape index (κ3) is 3.96. The molecule has 0 saturated carbocycles. The average molecular weight is 444 g/mol. The number of hydrogen-bond acceptors (Lipinski definition) is 11. The number of hydrogen-bond donors (Lipinski definition) is 2. The molecular weight excluding hydrogens is 424 g/mol. The van der Waals surface area contributed by atoms with E-state index >= 15 is 0 Å². The molecule has 0 radical (unpaired) electrons. The van der Waals surface area contributed by atoms with Gasteiger partial charge in [-0.3, -0.25) is 5.32 Å². The highest BCUT2D eigenvalue weighted by Gasteiger charge is 2.40. The number of carboxylic acid groups (broad SMARTS) is 1. The van der Waals surface area contributed by atoms with E-state index in [1.165, 1.54) is 6.39 Å². The van der Waals surface area contributed by atoms with Crippen LogP contribution < -0.4 is 10.2 Å². The highest BCUT2D eigenvalue weighted by Crippen LogP contribution is 2.34. The first kappa shape index (κ1) is 19.8. The van der Waals surface area contributed by atoms with E-state index in [9.17, 15) is 9.90 Å². The number of rotatable bonds is 5. The smallest absolute Gasteiger partial charge is 0.347 e. The number of anilines is 3. The van der Waals surface area contributed by atoms with E-state index < -0.39 is 11.8 Å². The summed E-state index contributed by atoms with van der Waals surface area (Å²) in [6, 6.07) is 1.84. The highest BCUT2D eigenvalue weighted by atomic mass is 32.1. The van der Waals surface area contributed by atoms with Crippen LogP contribution in [0, 0.1) is 6.92 Å². The minimum atomic E-state index is -1.02. The molecule has 31 heavy (non-hydrogen) atoms. The average Bonchev–Trinajstić information content (AvgIpc) is 3.50. The lowest BCUT2D eigenvalue weighted by molar-refractivity contribution is -0.169. The van der Waals surface area contributed by atoms with Crippen LogP contribution in [0.5, 0.6) is 0 Å². The molecule has 0 atom stereocenters. The summed E-state index contributed by atoms with van der Waals surface area (Å²) in [5.41, 5.74) is 0.995.